The van der Waals surface area contributed by atoms with E-state index in [2.05, 4.69) is 53.3 Å². The summed E-state index contributed by atoms with van der Waals surface area (Å²) in [6.45, 7) is 5.11. The zero-order valence-corrected chi connectivity index (χ0v) is 13.2. The summed E-state index contributed by atoms with van der Waals surface area (Å²) in [6, 6.07) is 0. The van der Waals surface area contributed by atoms with Crippen LogP contribution in [0.1, 0.15) is 50.9 Å². The summed E-state index contributed by atoms with van der Waals surface area (Å²) in [5.74, 6) is 0.673. The molecule has 5 heteroatoms. The van der Waals surface area contributed by atoms with E-state index in [1.165, 1.54) is 25.7 Å². The molecule has 1 N–H and O–H groups in total. The Morgan fingerprint density at radius 3 is 2.25 bits per heavy atom. The van der Waals surface area contributed by atoms with Gasteiger partial charge in [0.05, 0.1) is 11.4 Å². The molecule has 0 bridgehead atoms. The molecule has 1 fully saturated rings. The summed E-state index contributed by atoms with van der Waals surface area (Å²) in [6.07, 6.45) is 6.92. The van der Waals surface area contributed by atoms with E-state index in [1.807, 2.05) is 0 Å². The van der Waals surface area contributed by atoms with Crippen molar-refractivity contribution in [1.29, 1.82) is 0 Å². The van der Waals surface area contributed by atoms with E-state index in [4.69, 9.17) is 0 Å². The molecule has 0 aliphatic heterocycles. The van der Waals surface area contributed by atoms with Gasteiger partial charge >= 0.3 is 0 Å². The van der Waals surface area contributed by atoms with Gasteiger partial charge in [-0.1, -0.05) is 26.7 Å². The summed E-state index contributed by atoms with van der Waals surface area (Å²) in [7, 11) is 4.34. The Morgan fingerprint density at radius 1 is 1.05 bits per heavy atom. The quantitative estimate of drug-likeness (QED) is 0.864. The van der Waals surface area contributed by atoms with Gasteiger partial charge in [0.15, 0.2) is 0 Å². The van der Waals surface area contributed by atoms with Gasteiger partial charge in [-0.3, -0.25) is 0 Å². The van der Waals surface area contributed by atoms with Crippen molar-refractivity contribution in [2.24, 2.45) is 0 Å². The second kappa shape index (κ2) is 6.48. The van der Waals surface area contributed by atoms with E-state index >= 15 is 0 Å². The number of anilines is 1. The fraction of sp³-hybridized carbons (Fsp3) is 0.800. The number of hydrogen-bond donors (Lipinski definition) is 1. The number of aryl methyl sites for hydroxylation is 2. The Morgan fingerprint density at radius 2 is 1.70 bits per heavy atom. The maximum atomic E-state index is 4.61. The predicted molar refractivity (Wildman–Crippen MR) is 82.0 cm³/mol. The molecule has 1 aromatic heterocycles. The Kier molecular flexibility index (Phi) is 4.91. The highest BCUT2D eigenvalue weighted by molar-refractivity contribution is 5.27. The number of nitrogens with zero attached hydrogens (tertiary/aromatic N) is 4. The minimum absolute atomic E-state index is 0.249. The summed E-state index contributed by atoms with van der Waals surface area (Å²) >= 11 is 0. The van der Waals surface area contributed by atoms with Crippen LogP contribution in [0.2, 0.25) is 0 Å². The van der Waals surface area contributed by atoms with Gasteiger partial charge < -0.3 is 10.2 Å². The SMILES string of the molecule is CCc1nnc(NCC2(N(C)C)CCCC2)nc1CC. The number of likely N-dealkylation sites (N-methyl/N-ethyl adjacent to an activating group) is 1. The zero-order chi connectivity index (χ0) is 14.6. The van der Waals surface area contributed by atoms with E-state index < -0.39 is 0 Å². The Hall–Kier alpha value is -1.23. The molecule has 0 atom stereocenters. The summed E-state index contributed by atoms with van der Waals surface area (Å²) in [4.78, 5) is 6.96. The van der Waals surface area contributed by atoms with Crippen LogP contribution in [0.3, 0.4) is 0 Å². The molecular formula is C15H27N5. The van der Waals surface area contributed by atoms with Gasteiger partial charge in [0.1, 0.15) is 0 Å². The number of aromatic nitrogens is 3. The summed E-state index contributed by atoms with van der Waals surface area (Å²) in [5, 5.41) is 11.9. The average molecular weight is 277 g/mol. The van der Waals surface area contributed by atoms with Crippen LogP contribution < -0.4 is 5.32 Å². The van der Waals surface area contributed by atoms with Gasteiger partial charge in [-0.25, -0.2) is 4.98 Å². The van der Waals surface area contributed by atoms with Crippen molar-refractivity contribution >= 4 is 5.95 Å². The van der Waals surface area contributed by atoms with Gasteiger partial charge in [-0.15, -0.1) is 5.10 Å². The molecule has 5 nitrogen and oxygen atoms in total. The van der Waals surface area contributed by atoms with Crippen LogP contribution in [0.15, 0.2) is 0 Å². The highest BCUT2D eigenvalue weighted by atomic mass is 15.3. The van der Waals surface area contributed by atoms with E-state index in [9.17, 15) is 0 Å². The fourth-order valence-electron chi connectivity index (χ4n) is 3.07. The van der Waals surface area contributed by atoms with Gasteiger partial charge in [-0.05, 0) is 39.8 Å². The second-order valence-corrected chi connectivity index (χ2v) is 5.92. The van der Waals surface area contributed by atoms with Gasteiger partial charge in [0, 0.05) is 12.1 Å². The van der Waals surface area contributed by atoms with Crippen LogP contribution >= 0.6 is 0 Å². The first-order valence-electron chi connectivity index (χ1n) is 7.75. The third-order valence-electron chi connectivity index (χ3n) is 4.57. The Bertz CT molecular complexity index is 438. The van der Waals surface area contributed by atoms with Crippen molar-refractivity contribution in [3.63, 3.8) is 0 Å². The Labute approximate surface area is 122 Å². The highest BCUT2D eigenvalue weighted by Crippen LogP contribution is 2.33. The molecule has 0 saturated heterocycles. The molecule has 112 valence electrons. The highest BCUT2D eigenvalue weighted by Gasteiger charge is 2.35. The fourth-order valence-corrected chi connectivity index (χ4v) is 3.07. The molecule has 20 heavy (non-hydrogen) atoms. The molecule has 0 radical (unpaired) electrons. The molecule has 0 unspecified atom stereocenters. The lowest BCUT2D eigenvalue weighted by Crippen LogP contribution is -2.47. The number of hydrogen-bond acceptors (Lipinski definition) is 5. The van der Waals surface area contributed by atoms with E-state index in [1.54, 1.807) is 0 Å². The molecule has 0 spiro atoms. The van der Waals surface area contributed by atoms with Crippen molar-refractivity contribution in [2.45, 2.75) is 57.9 Å². The standard InChI is InChI=1S/C15H27N5/c1-5-12-13(6-2)18-19-14(17-12)16-11-15(20(3)4)9-7-8-10-15/h5-11H2,1-4H3,(H,16,17,19). The predicted octanol–water partition coefficient (Wildman–Crippen LogP) is 2.28. The smallest absolute Gasteiger partial charge is 0.243 e. The van der Waals surface area contributed by atoms with E-state index in [0.717, 1.165) is 30.8 Å². The molecule has 1 aromatic rings. The van der Waals surface area contributed by atoms with E-state index in [-0.39, 0.29) is 5.54 Å². The first kappa shape index (κ1) is 15.2. The van der Waals surface area contributed by atoms with Crippen molar-refractivity contribution in [1.82, 2.24) is 20.1 Å². The molecule has 0 aromatic carbocycles. The summed E-state index contributed by atoms with van der Waals surface area (Å²) < 4.78 is 0. The molecule has 2 rings (SSSR count). The van der Waals surface area contributed by atoms with Crippen molar-refractivity contribution in [3.05, 3.63) is 11.4 Å². The van der Waals surface area contributed by atoms with E-state index in [0.29, 0.717) is 5.95 Å². The second-order valence-electron chi connectivity index (χ2n) is 5.92. The topological polar surface area (TPSA) is 53.9 Å². The van der Waals surface area contributed by atoms with Gasteiger partial charge in [0.2, 0.25) is 5.95 Å². The maximum Gasteiger partial charge on any atom is 0.243 e. The molecule has 1 aliphatic rings. The van der Waals surface area contributed by atoms with Crippen LogP contribution in [-0.4, -0.2) is 46.3 Å². The third kappa shape index (κ3) is 3.08. The van der Waals surface area contributed by atoms with Crippen molar-refractivity contribution in [2.75, 3.05) is 26.0 Å². The average Bonchev–Trinajstić information content (AvgIpc) is 2.95. The normalized spacial score (nSPS) is 17.6. The third-order valence-corrected chi connectivity index (χ3v) is 4.57. The van der Waals surface area contributed by atoms with Crippen LogP contribution in [0.5, 0.6) is 0 Å². The van der Waals surface area contributed by atoms with Gasteiger partial charge in [0.25, 0.3) is 0 Å². The molecular weight excluding hydrogens is 250 g/mol. The molecule has 0 amide bonds. The molecule has 1 heterocycles. The van der Waals surface area contributed by atoms with Crippen LogP contribution in [-0.2, 0) is 12.8 Å². The van der Waals surface area contributed by atoms with Crippen molar-refractivity contribution in [3.8, 4) is 0 Å². The first-order valence-corrected chi connectivity index (χ1v) is 7.75. The zero-order valence-electron chi connectivity index (χ0n) is 13.2. The summed E-state index contributed by atoms with van der Waals surface area (Å²) in [5.41, 5.74) is 2.33. The van der Waals surface area contributed by atoms with Gasteiger partial charge in [-0.2, -0.15) is 5.10 Å². The Balaban J connectivity index is 2.06. The van der Waals surface area contributed by atoms with Crippen molar-refractivity contribution < 1.29 is 0 Å². The lowest BCUT2D eigenvalue weighted by atomic mass is 9.96. The van der Waals surface area contributed by atoms with Crippen LogP contribution in [0.25, 0.3) is 0 Å². The lowest BCUT2D eigenvalue weighted by Gasteiger charge is -2.36. The minimum atomic E-state index is 0.249. The van der Waals surface area contributed by atoms with Crippen LogP contribution in [0, 0.1) is 0 Å². The lowest BCUT2D eigenvalue weighted by molar-refractivity contribution is 0.172. The van der Waals surface area contributed by atoms with Crippen LogP contribution in [0.4, 0.5) is 5.95 Å². The maximum absolute atomic E-state index is 4.61. The molecule has 1 saturated carbocycles. The number of nitrogens with one attached hydrogen (secondary N) is 1. The largest absolute Gasteiger partial charge is 0.351 e. The minimum Gasteiger partial charge on any atom is -0.351 e. The molecule has 1 aliphatic carbocycles. The first-order chi connectivity index (χ1) is 9.61. The monoisotopic (exact) mass is 277 g/mol. The number of rotatable bonds is 6.